The number of thioether (sulfide) groups is 1. The molecule has 0 aromatic rings. The molecule has 0 saturated carbocycles. The lowest BCUT2D eigenvalue weighted by atomic mass is 10.2. The van der Waals surface area contributed by atoms with Gasteiger partial charge in [0.25, 0.3) is 0 Å². The van der Waals surface area contributed by atoms with Crippen LogP contribution in [0.25, 0.3) is 0 Å². The first kappa shape index (κ1) is 9.45. The molecule has 1 aliphatic rings. The Morgan fingerprint density at radius 3 is 3.08 bits per heavy atom. The van der Waals surface area contributed by atoms with Crippen molar-refractivity contribution in [3.63, 3.8) is 0 Å². The van der Waals surface area contributed by atoms with Crippen molar-refractivity contribution in [3.05, 3.63) is 11.3 Å². The summed E-state index contributed by atoms with van der Waals surface area (Å²) in [6.45, 7) is 2.21. The number of hydrogen-bond acceptors (Lipinski definition) is 4. The van der Waals surface area contributed by atoms with Crippen LogP contribution < -0.4 is 5.73 Å². The Kier molecular flexibility index (Phi) is 3.47. The molecular weight excluding hydrogens is 174 g/mol. The Hall–Kier alpha value is -0.640. The molecule has 0 fully saturated rings. The highest BCUT2D eigenvalue weighted by atomic mass is 32.2. The first-order chi connectivity index (χ1) is 5.75. The van der Waals surface area contributed by atoms with Gasteiger partial charge < -0.3 is 10.5 Å². The highest BCUT2D eigenvalue weighted by Crippen LogP contribution is 2.21. The zero-order valence-corrected chi connectivity index (χ0v) is 7.95. The summed E-state index contributed by atoms with van der Waals surface area (Å²) in [6.07, 6.45) is 0.804. The molecule has 0 atom stereocenters. The van der Waals surface area contributed by atoms with E-state index in [1.807, 2.05) is 0 Å². The maximum atomic E-state index is 11.2. The number of carbonyl (C=O) groups excluding carboxylic acids is 1. The molecule has 0 spiro atoms. The molecule has 0 aromatic carbocycles. The van der Waals surface area contributed by atoms with Gasteiger partial charge in [-0.2, -0.15) is 11.8 Å². The number of carbonyl (C=O) groups is 1. The monoisotopic (exact) mass is 187 g/mol. The average molecular weight is 187 g/mol. The molecule has 0 saturated heterocycles. The SMILES string of the molecule is CCOC(=O)C1=C(N)CCSC1. The number of allylic oxidation sites excluding steroid dienone is 1. The van der Waals surface area contributed by atoms with Gasteiger partial charge in [0.2, 0.25) is 0 Å². The summed E-state index contributed by atoms with van der Waals surface area (Å²) < 4.78 is 4.86. The fourth-order valence-electron chi connectivity index (χ4n) is 1.01. The van der Waals surface area contributed by atoms with Crippen LogP contribution in [0.1, 0.15) is 13.3 Å². The van der Waals surface area contributed by atoms with Crippen LogP contribution in [0, 0.1) is 0 Å². The van der Waals surface area contributed by atoms with Crippen LogP contribution >= 0.6 is 11.8 Å². The predicted molar refractivity (Wildman–Crippen MR) is 49.8 cm³/mol. The van der Waals surface area contributed by atoms with E-state index in [-0.39, 0.29) is 5.97 Å². The van der Waals surface area contributed by atoms with Gasteiger partial charge in [-0.3, -0.25) is 0 Å². The standard InChI is InChI=1S/C8H13NO2S/c1-2-11-8(10)6-5-12-4-3-7(6)9/h2-5,9H2,1H3. The normalized spacial score (nSPS) is 17.8. The van der Waals surface area contributed by atoms with Crippen molar-refractivity contribution in [2.45, 2.75) is 13.3 Å². The lowest BCUT2D eigenvalue weighted by molar-refractivity contribution is -0.138. The Morgan fingerprint density at radius 1 is 1.75 bits per heavy atom. The zero-order chi connectivity index (χ0) is 8.97. The van der Waals surface area contributed by atoms with Crippen molar-refractivity contribution in [2.75, 3.05) is 18.1 Å². The van der Waals surface area contributed by atoms with Gasteiger partial charge in [0.1, 0.15) is 0 Å². The highest BCUT2D eigenvalue weighted by Gasteiger charge is 2.18. The summed E-state index contributed by atoms with van der Waals surface area (Å²) in [4.78, 5) is 11.2. The first-order valence-corrected chi connectivity index (χ1v) is 5.13. The van der Waals surface area contributed by atoms with E-state index < -0.39 is 0 Å². The van der Waals surface area contributed by atoms with Gasteiger partial charge in [0, 0.05) is 11.4 Å². The molecular formula is C8H13NO2S. The molecule has 1 rings (SSSR count). The lowest BCUT2D eigenvalue weighted by Gasteiger charge is -2.15. The Morgan fingerprint density at radius 2 is 2.50 bits per heavy atom. The molecule has 2 N–H and O–H groups in total. The van der Waals surface area contributed by atoms with Gasteiger partial charge in [0.15, 0.2) is 0 Å². The van der Waals surface area contributed by atoms with E-state index in [9.17, 15) is 4.79 Å². The van der Waals surface area contributed by atoms with E-state index in [4.69, 9.17) is 10.5 Å². The summed E-state index contributed by atoms with van der Waals surface area (Å²) in [7, 11) is 0. The molecule has 1 heterocycles. The van der Waals surface area contributed by atoms with Gasteiger partial charge in [-0.05, 0) is 19.1 Å². The van der Waals surface area contributed by atoms with Crippen molar-refractivity contribution < 1.29 is 9.53 Å². The van der Waals surface area contributed by atoms with Gasteiger partial charge in [0.05, 0.1) is 12.2 Å². The van der Waals surface area contributed by atoms with E-state index in [0.717, 1.165) is 12.2 Å². The van der Waals surface area contributed by atoms with Gasteiger partial charge in [-0.15, -0.1) is 0 Å². The maximum absolute atomic E-state index is 11.2. The third kappa shape index (κ3) is 2.17. The van der Waals surface area contributed by atoms with Gasteiger partial charge >= 0.3 is 5.97 Å². The fraction of sp³-hybridized carbons (Fsp3) is 0.625. The molecule has 1 aliphatic heterocycles. The second-order valence-corrected chi connectivity index (χ2v) is 3.63. The van der Waals surface area contributed by atoms with Crippen molar-refractivity contribution >= 4 is 17.7 Å². The van der Waals surface area contributed by atoms with E-state index in [1.165, 1.54) is 0 Å². The van der Waals surface area contributed by atoms with Crippen LogP contribution in [0.2, 0.25) is 0 Å². The number of hydrogen-bond donors (Lipinski definition) is 1. The van der Waals surface area contributed by atoms with Crippen molar-refractivity contribution in [1.82, 2.24) is 0 Å². The second kappa shape index (κ2) is 4.40. The Bertz CT molecular complexity index is 213. The van der Waals surface area contributed by atoms with Crippen molar-refractivity contribution in [1.29, 1.82) is 0 Å². The third-order valence-corrected chi connectivity index (χ3v) is 2.66. The molecule has 0 bridgehead atoms. The molecule has 4 heteroatoms. The molecule has 68 valence electrons. The minimum Gasteiger partial charge on any atom is -0.463 e. The van der Waals surface area contributed by atoms with Crippen LogP contribution in [0.3, 0.4) is 0 Å². The average Bonchev–Trinajstić information content (AvgIpc) is 2.05. The molecule has 3 nitrogen and oxygen atoms in total. The van der Waals surface area contributed by atoms with Crippen LogP contribution in [0.15, 0.2) is 11.3 Å². The van der Waals surface area contributed by atoms with E-state index in [1.54, 1.807) is 18.7 Å². The molecule has 0 aliphatic carbocycles. The summed E-state index contributed by atoms with van der Waals surface area (Å²) >= 11 is 1.72. The van der Waals surface area contributed by atoms with Crippen LogP contribution in [0.5, 0.6) is 0 Å². The number of esters is 1. The maximum Gasteiger partial charge on any atom is 0.336 e. The molecule has 0 radical (unpaired) electrons. The van der Waals surface area contributed by atoms with E-state index in [0.29, 0.717) is 23.6 Å². The molecule has 0 amide bonds. The number of rotatable bonds is 2. The first-order valence-electron chi connectivity index (χ1n) is 3.98. The Labute approximate surface area is 76.3 Å². The minimum absolute atomic E-state index is 0.248. The zero-order valence-electron chi connectivity index (χ0n) is 7.13. The number of ether oxygens (including phenoxy) is 1. The summed E-state index contributed by atoms with van der Waals surface area (Å²) in [5.74, 6) is 1.46. The van der Waals surface area contributed by atoms with Crippen LogP contribution in [-0.4, -0.2) is 24.1 Å². The van der Waals surface area contributed by atoms with Crippen molar-refractivity contribution in [3.8, 4) is 0 Å². The molecule has 0 aromatic heterocycles. The second-order valence-electron chi connectivity index (χ2n) is 2.53. The molecule has 0 unspecified atom stereocenters. The summed E-state index contributed by atoms with van der Waals surface area (Å²) in [6, 6.07) is 0. The fourth-order valence-corrected chi connectivity index (χ4v) is 2.02. The van der Waals surface area contributed by atoms with Gasteiger partial charge in [-0.25, -0.2) is 4.79 Å². The third-order valence-electron chi connectivity index (χ3n) is 1.67. The lowest BCUT2D eigenvalue weighted by Crippen LogP contribution is -2.19. The minimum atomic E-state index is -0.248. The van der Waals surface area contributed by atoms with Crippen LogP contribution in [0.4, 0.5) is 0 Å². The number of nitrogens with two attached hydrogens (primary N) is 1. The largest absolute Gasteiger partial charge is 0.463 e. The Balaban J connectivity index is 2.64. The van der Waals surface area contributed by atoms with E-state index in [2.05, 4.69) is 0 Å². The smallest absolute Gasteiger partial charge is 0.336 e. The topological polar surface area (TPSA) is 52.3 Å². The predicted octanol–water partition coefficient (Wildman–Crippen LogP) is 0.899. The quantitative estimate of drug-likeness (QED) is 0.652. The molecule has 12 heavy (non-hydrogen) atoms. The van der Waals surface area contributed by atoms with E-state index >= 15 is 0 Å². The summed E-state index contributed by atoms with van der Waals surface area (Å²) in [5, 5.41) is 0. The van der Waals surface area contributed by atoms with Crippen molar-refractivity contribution in [2.24, 2.45) is 5.73 Å². The summed E-state index contributed by atoms with van der Waals surface area (Å²) in [5.41, 5.74) is 7.04. The van der Waals surface area contributed by atoms with Crippen LogP contribution in [-0.2, 0) is 9.53 Å². The van der Waals surface area contributed by atoms with Gasteiger partial charge in [-0.1, -0.05) is 0 Å². The highest BCUT2D eigenvalue weighted by molar-refractivity contribution is 7.99.